The second-order valence-corrected chi connectivity index (χ2v) is 5.94. The van der Waals surface area contributed by atoms with Gasteiger partial charge in [0, 0.05) is 0 Å². The van der Waals surface area contributed by atoms with Crippen LogP contribution in [0.15, 0.2) is 35.1 Å². The number of hydrogen-bond acceptors (Lipinski definition) is 6. The van der Waals surface area contributed by atoms with Crippen LogP contribution in [0.1, 0.15) is 11.1 Å². The van der Waals surface area contributed by atoms with E-state index in [4.69, 9.17) is 0 Å². The van der Waals surface area contributed by atoms with Crippen LogP contribution in [0, 0.1) is 0 Å². The van der Waals surface area contributed by atoms with E-state index in [0.717, 1.165) is 18.2 Å². The summed E-state index contributed by atoms with van der Waals surface area (Å²) in [6, 6.07) is 1.58. The predicted molar refractivity (Wildman–Crippen MR) is 62.6 cm³/mol. The van der Waals surface area contributed by atoms with E-state index in [1.54, 1.807) is 0 Å². The van der Waals surface area contributed by atoms with E-state index in [0.29, 0.717) is 6.07 Å². The zero-order valence-electron chi connectivity index (χ0n) is 11.0. The van der Waals surface area contributed by atoms with E-state index < -0.39 is 30.0 Å². The molecule has 0 spiro atoms. The first-order valence-electron chi connectivity index (χ1n) is 4.46. The summed E-state index contributed by atoms with van der Waals surface area (Å²) in [4.78, 5) is -1.62. The van der Waals surface area contributed by atoms with Gasteiger partial charge in [-0.15, -0.1) is 0 Å². The predicted octanol–water partition coefficient (Wildman–Crippen LogP) is -5.21. The summed E-state index contributed by atoms with van der Waals surface area (Å²) >= 11 is 0. The van der Waals surface area contributed by atoms with Crippen LogP contribution in [0.5, 0.6) is 0 Å². The zero-order chi connectivity index (χ0) is 14.1. The Morgan fingerprint density at radius 1 is 0.800 bits per heavy atom. The van der Waals surface area contributed by atoms with Crippen molar-refractivity contribution in [1.82, 2.24) is 0 Å². The molecule has 0 radical (unpaired) electrons. The molecule has 10 heteroatoms. The maximum Gasteiger partial charge on any atom is 1.00 e. The Morgan fingerprint density at radius 2 is 1.10 bits per heavy atom. The molecule has 0 atom stereocenters. The normalized spacial score (nSPS) is 10.9. The largest absolute Gasteiger partial charge is 1.00 e. The molecule has 0 aromatic heterocycles. The Kier molecular flexibility index (Phi) is 9.38. The van der Waals surface area contributed by atoms with Gasteiger partial charge in [-0.05, 0) is 23.3 Å². The van der Waals surface area contributed by atoms with Crippen LogP contribution in [0.2, 0.25) is 0 Å². The fourth-order valence-electron chi connectivity index (χ4n) is 1.35. The molecule has 0 fully saturated rings. The van der Waals surface area contributed by atoms with E-state index in [1.165, 1.54) is 0 Å². The average molecular weight is 334 g/mol. The smallest absolute Gasteiger partial charge is 0.744 e. The van der Waals surface area contributed by atoms with Crippen molar-refractivity contribution in [3.63, 3.8) is 0 Å². The molecule has 0 amide bonds. The molecule has 0 bridgehead atoms. The molecule has 0 aliphatic carbocycles. The molecule has 0 aliphatic heterocycles. The molecule has 0 aliphatic rings. The molecule has 1 aromatic carbocycles. The molecule has 0 N–H and O–H groups in total. The second kappa shape index (κ2) is 8.23. The average Bonchev–Trinajstić information content (AvgIpc) is 2.24. The molecule has 6 nitrogen and oxygen atoms in total. The van der Waals surface area contributed by atoms with E-state index in [1.807, 2.05) is 0 Å². The Hall–Kier alpha value is 0.520. The van der Waals surface area contributed by atoms with Gasteiger partial charge in [-0.25, -0.2) is 16.8 Å². The maximum absolute atomic E-state index is 11.0. The topological polar surface area (TPSA) is 114 Å². The molecular weight excluding hydrogens is 326 g/mol. The van der Waals surface area contributed by atoms with Crippen LogP contribution < -0.4 is 59.1 Å². The molecule has 1 rings (SSSR count). The van der Waals surface area contributed by atoms with Gasteiger partial charge in [0.1, 0.15) is 20.2 Å². The quantitative estimate of drug-likeness (QED) is 0.402. The molecule has 98 valence electrons. The van der Waals surface area contributed by atoms with Crippen LogP contribution >= 0.6 is 0 Å². The molecule has 0 heterocycles. The molecule has 0 saturated heterocycles. The van der Waals surface area contributed by atoms with Gasteiger partial charge in [0.05, 0.1) is 9.79 Å². The SMILES string of the molecule is C=Cc1cc(C=C)c(S(=O)(=O)[O-])cc1S(=O)(=O)[O-].[Na+].[Na+]. The number of benzene rings is 1. The van der Waals surface area contributed by atoms with Crippen molar-refractivity contribution in [1.29, 1.82) is 0 Å². The van der Waals surface area contributed by atoms with Crippen LogP contribution in [0.3, 0.4) is 0 Å². The summed E-state index contributed by atoms with van der Waals surface area (Å²) in [5, 5.41) is 0. The standard InChI is InChI=1S/C10H10O6S2.2Na/c1-3-7-5-8(4-2)10(18(14,15)16)6-9(7)17(11,12)13;;/h3-6H,1-2H2,(H,11,12,13)(H,14,15,16);;/q;2*+1/p-2. The molecule has 20 heavy (non-hydrogen) atoms. The van der Waals surface area contributed by atoms with E-state index in [9.17, 15) is 25.9 Å². The Bertz CT molecular complexity index is 663. The zero-order valence-corrected chi connectivity index (χ0v) is 16.6. The van der Waals surface area contributed by atoms with Gasteiger partial charge in [-0.2, -0.15) is 0 Å². The fraction of sp³-hybridized carbons (Fsp3) is 0. The van der Waals surface area contributed by atoms with Gasteiger partial charge < -0.3 is 9.11 Å². The molecule has 1 aromatic rings. The van der Waals surface area contributed by atoms with Crippen LogP contribution in [-0.2, 0) is 20.2 Å². The van der Waals surface area contributed by atoms with Crippen LogP contribution in [0.25, 0.3) is 12.2 Å². The molecule has 0 unspecified atom stereocenters. The van der Waals surface area contributed by atoms with E-state index in [-0.39, 0.29) is 70.2 Å². The second-order valence-electron chi connectivity index (χ2n) is 3.24. The first-order chi connectivity index (χ1) is 8.11. The van der Waals surface area contributed by atoms with Crippen molar-refractivity contribution < 1.29 is 85.1 Å². The first-order valence-corrected chi connectivity index (χ1v) is 7.27. The van der Waals surface area contributed by atoms with E-state index in [2.05, 4.69) is 13.2 Å². The third-order valence-corrected chi connectivity index (χ3v) is 3.91. The minimum Gasteiger partial charge on any atom is -0.744 e. The maximum atomic E-state index is 11.0. The first kappa shape index (κ1) is 22.8. The number of rotatable bonds is 4. The summed E-state index contributed by atoms with van der Waals surface area (Å²) in [6.07, 6.45) is 2.14. The van der Waals surface area contributed by atoms with Crippen molar-refractivity contribution in [2.24, 2.45) is 0 Å². The van der Waals surface area contributed by atoms with Gasteiger partial charge >= 0.3 is 59.1 Å². The van der Waals surface area contributed by atoms with Gasteiger partial charge in [0.15, 0.2) is 0 Å². The number of hydrogen-bond donors (Lipinski definition) is 0. The third-order valence-electron chi connectivity index (χ3n) is 2.12. The summed E-state index contributed by atoms with van der Waals surface area (Å²) in [5.74, 6) is 0. The molecule has 0 saturated carbocycles. The Morgan fingerprint density at radius 3 is 1.30 bits per heavy atom. The monoisotopic (exact) mass is 334 g/mol. The summed E-state index contributed by atoms with van der Waals surface area (Å²) in [5.41, 5.74) is -0.181. The summed E-state index contributed by atoms with van der Waals surface area (Å²) < 4.78 is 65.8. The Labute approximate surface area is 162 Å². The van der Waals surface area contributed by atoms with Crippen molar-refractivity contribution >= 4 is 32.4 Å². The van der Waals surface area contributed by atoms with Gasteiger partial charge in [0.2, 0.25) is 0 Å². The van der Waals surface area contributed by atoms with Gasteiger partial charge in [0.25, 0.3) is 0 Å². The Balaban J connectivity index is 0. The van der Waals surface area contributed by atoms with Crippen molar-refractivity contribution in [3.05, 3.63) is 36.4 Å². The fourth-order valence-corrected chi connectivity index (χ4v) is 2.81. The van der Waals surface area contributed by atoms with Crippen LogP contribution in [-0.4, -0.2) is 25.9 Å². The van der Waals surface area contributed by atoms with Crippen molar-refractivity contribution in [2.75, 3.05) is 0 Å². The summed E-state index contributed by atoms with van der Waals surface area (Å²) in [6.45, 7) is 6.61. The third kappa shape index (κ3) is 5.38. The van der Waals surface area contributed by atoms with Crippen LogP contribution in [0.4, 0.5) is 0 Å². The summed E-state index contributed by atoms with van der Waals surface area (Å²) in [7, 11) is -9.82. The van der Waals surface area contributed by atoms with Gasteiger partial charge in [-0.1, -0.05) is 25.3 Å². The van der Waals surface area contributed by atoms with E-state index >= 15 is 0 Å². The van der Waals surface area contributed by atoms with Crippen molar-refractivity contribution in [2.45, 2.75) is 9.79 Å². The van der Waals surface area contributed by atoms with Crippen molar-refractivity contribution in [3.8, 4) is 0 Å². The molecular formula is C10H8Na2O6S2. The minimum absolute atomic E-state index is 0. The van der Waals surface area contributed by atoms with Gasteiger partial charge in [-0.3, -0.25) is 0 Å². The minimum atomic E-state index is -4.91.